The van der Waals surface area contributed by atoms with Crippen LogP contribution in [0, 0.1) is 10.1 Å². The van der Waals surface area contributed by atoms with Crippen LogP contribution in [0.2, 0.25) is 0 Å². The lowest BCUT2D eigenvalue weighted by molar-refractivity contribution is -0.384. The van der Waals surface area contributed by atoms with E-state index in [1.54, 1.807) is 6.20 Å². The summed E-state index contributed by atoms with van der Waals surface area (Å²) in [4.78, 5) is 33.1. The van der Waals surface area contributed by atoms with Gasteiger partial charge in [0.15, 0.2) is 0 Å². The molecular formula is C19H23N5O4. The van der Waals surface area contributed by atoms with Gasteiger partial charge in [-0.25, -0.2) is 14.8 Å². The lowest BCUT2D eigenvalue weighted by Crippen LogP contribution is -2.25. The summed E-state index contributed by atoms with van der Waals surface area (Å²) in [7, 11) is 1.21. The first-order chi connectivity index (χ1) is 13.6. The highest BCUT2D eigenvalue weighted by Crippen LogP contribution is 2.24. The smallest absolute Gasteiger partial charge is 0.339 e. The van der Waals surface area contributed by atoms with Gasteiger partial charge in [0.05, 0.1) is 17.6 Å². The molecule has 2 aromatic heterocycles. The topological polar surface area (TPSA) is 110 Å². The molecule has 1 saturated heterocycles. The number of nitrogens with zero attached hydrogens (tertiary/aromatic N) is 4. The first-order valence-electron chi connectivity index (χ1n) is 9.25. The molecule has 0 bridgehead atoms. The predicted molar refractivity (Wildman–Crippen MR) is 104 cm³/mol. The average Bonchev–Trinajstić information content (AvgIpc) is 3.01. The summed E-state index contributed by atoms with van der Waals surface area (Å²) in [5, 5.41) is 14.3. The highest BCUT2D eigenvalue weighted by Gasteiger charge is 2.19. The normalized spacial score (nSPS) is 14.2. The van der Waals surface area contributed by atoms with Gasteiger partial charge in [0, 0.05) is 38.1 Å². The van der Waals surface area contributed by atoms with E-state index in [4.69, 9.17) is 0 Å². The number of rotatable bonds is 6. The van der Waals surface area contributed by atoms with Crippen LogP contribution >= 0.6 is 0 Å². The Kier molecular flexibility index (Phi) is 6.36. The molecule has 3 heterocycles. The second-order valence-corrected chi connectivity index (χ2v) is 6.62. The fraction of sp³-hybridized carbons (Fsp3) is 0.421. The third-order valence-corrected chi connectivity index (χ3v) is 4.69. The summed E-state index contributed by atoms with van der Waals surface area (Å²) in [6.07, 6.45) is 7.82. The molecule has 0 saturated carbocycles. The fourth-order valence-electron chi connectivity index (χ4n) is 3.19. The lowest BCUT2D eigenvalue weighted by atomic mass is 10.2. The van der Waals surface area contributed by atoms with Gasteiger partial charge in [-0.3, -0.25) is 10.1 Å². The molecule has 1 aliphatic rings. The zero-order valence-corrected chi connectivity index (χ0v) is 15.8. The number of carbonyl (C=O) groups excluding carboxylic acids is 1. The van der Waals surface area contributed by atoms with E-state index < -0.39 is 10.9 Å². The van der Waals surface area contributed by atoms with Crippen molar-refractivity contribution < 1.29 is 14.5 Å². The first-order valence-corrected chi connectivity index (χ1v) is 9.25. The van der Waals surface area contributed by atoms with Gasteiger partial charge in [0.25, 0.3) is 0 Å². The van der Waals surface area contributed by atoms with E-state index in [1.807, 2.05) is 12.1 Å². The summed E-state index contributed by atoms with van der Waals surface area (Å²) in [5.41, 5.74) is 0.708. The first kappa shape index (κ1) is 19.5. The number of hydrogen-bond donors (Lipinski definition) is 1. The predicted octanol–water partition coefficient (Wildman–Crippen LogP) is 3.16. The maximum atomic E-state index is 11.6. The standard InChI is InChI=1S/C19H23N5O4/c1-28-19(25)15-11-16(24(26)27)18(22-13-15)21-12-14-6-7-20-17(10-14)23-8-4-2-3-5-9-23/h6-7,10-11,13H,2-5,8-9,12H2,1H3,(H,21,22). The van der Waals surface area contributed by atoms with Crippen molar-refractivity contribution in [3.05, 3.63) is 51.8 Å². The average molecular weight is 385 g/mol. The number of nitro groups is 1. The number of ether oxygens (including phenoxy) is 1. The Bertz CT molecular complexity index is 850. The number of esters is 1. The number of anilines is 2. The molecule has 3 rings (SSSR count). The van der Waals surface area contributed by atoms with Crippen molar-refractivity contribution >= 4 is 23.3 Å². The van der Waals surface area contributed by atoms with E-state index in [9.17, 15) is 14.9 Å². The van der Waals surface area contributed by atoms with Gasteiger partial charge in [-0.05, 0) is 30.5 Å². The minimum Gasteiger partial charge on any atom is -0.465 e. The van der Waals surface area contributed by atoms with Crippen molar-refractivity contribution in [2.24, 2.45) is 0 Å². The Labute approximate surface area is 162 Å². The molecule has 0 aliphatic carbocycles. The van der Waals surface area contributed by atoms with Gasteiger partial charge in [0.2, 0.25) is 5.82 Å². The third-order valence-electron chi connectivity index (χ3n) is 4.69. The van der Waals surface area contributed by atoms with Crippen LogP contribution in [0.1, 0.15) is 41.6 Å². The number of nitrogens with one attached hydrogen (secondary N) is 1. The van der Waals surface area contributed by atoms with E-state index >= 15 is 0 Å². The van der Waals surface area contributed by atoms with E-state index in [1.165, 1.54) is 26.1 Å². The molecule has 1 N–H and O–H groups in total. The fourth-order valence-corrected chi connectivity index (χ4v) is 3.19. The minimum atomic E-state index is -0.668. The van der Waals surface area contributed by atoms with Crippen molar-refractivity contribution in [2.45, 2.75) is 32.2 Å². The Hall–Kier alpha value is -3.23. The molecule has 9 heteroatoms. The zero-order chi connectivity index (χ0) is 19.9. The SMILES string of the molecule is COC(=O)c1cnc(NCc2ccnc(N3CCCCCC3)c2)c([N+](=O)[O-])c1. The van der Waals surface area contributed by atoms with E-state index in [2.05, 4.69) is 24.9 Å². The minimum absolute atomic E-state index is 0.0344. The van der Waals surface area contributed by atoms with E-state index in [0.29, 0.717) is 6.54 Å². The summed E-state index contributed by atoms with van der Waals surface area (Å²) in [6.45, 7) is 2.34. The monoisotopic (exact) mass is 385 g/mol. The number of methoxy groups -OCH3 is 1. The maximum Gasteiger partial charge on any atom is 0.339 e. The van der Waals surface area contributed by atoms with Crippen LogP contribution in [-0.2, 0) is 11.3 Å². The van der Waals surface area contributed by atoms with Crippen LogP contribution in [0.5, 0.6) is 0 Å². The van der Waals surface area contributed by atoms with Gasteiger partial charge in [0.1, 0.15) is 5.82 Å². The lowest BCUT2D eigenvalue weighted by Gasteiger charge is -2.21. The highest BCUT2D eigenvalue weighted by molar-refractivity contribution is 5.90. The molecule has 1 aliphatic heterocycles. The number of hydrogen-bond acceptors (Lipinski definition) is 8. The molecule has 0 spiro atoms. The largest absolute Gasteiger partial charge is 0.465 e. The van der Waals surface area contributed by atoms with Crippen molar-refractivity contribution in [3.8, 4) is 0 Å². The van der Waals surface area contributed by atoms with Crippen molar-refractivity contribution in [1.29, 1.82) is 0 Å². The molecule has 0 radical (unpaired) electrons. The summed E-state index contributed by atoms with van der Waals surface area (Å²) in [5.74, 6) is 0.355. The Balaban J connectivity index is 1.74. The molecule has 28 heavy (non-hydrogen) atoms. The van der Waals surface area contributed by atoms with Crippen molar-refractivity contribution in [3.63, 3.8) is 0 Å². The van der Waals surface area contributed by atoms with Gasteiger partial charge >= 0.3 is 11.7 Å². The molecule has 2 aromatic rings. The Morgan fingerprint density at radius 1 is 1.25 bits per heavy atom. The van der Waals surface area contributed by atoms with Crippen LogP contribution in [-0.4, -0.2) is 41.1 Å². The van der Waals surface area contributed by atoms with Gasteiger partial charge in [-0.2, -0.15) is 0 Å². The molecule has 0 unspecified atom stereocenters. The summed E-state index contributed by atoms with van der Waals surface area (Å²) < 4.78 is 4.59. The second-order valence-electron chi connectivity index (χ2n) is 6.62. The molecule has 9 nitrogen and oxygen atoms in total. The van der Waals surface area contributed by atoms with Crippen LogP contribution < -0.4 is 10.2 Å². The summed E-state index contributed by atoms with van der Waals surface area (Å²) >= 11 is 0. The molecule has 0 amide bonds. The molecular weight excluding hydrogens is 362 g/mol. The van der Waals surface area contributed by atoms with Gasteiger partial charge in [-0.15, -0.1) is 0 Å². The molecule has 148 valence electrons. The highest BCUT2D eigenvalue weighted by atomic mass is 16.6. The Morgan fingerprint density at radius 3 is 2.68 bits per heavy atom. The number of pyridine rings is 2. The van der Waals surface area contributed by atoms with E-state index in [-0.39, 0.29) is 17.1 Å². The van der Waals surface area contributed by atoms with Crippen molar-refractivity contribution in [2.75, 3.05) is 30.4 Å². The van der Waals surface area contributed by atoms with Crippen molar-refractivity contribution in [1.82, 2.24) is 9.97 Å². The maximum absolute atomic E-state index is 11.6. The van der Waals surface area contributed by atoms with Gasteiger partial charge < -0.3 is 15.0 Å². The van der Waals surface area contributed by atoms with Gasteiger partial charge in [-0.1, -0.05) is 12.8 Å². The molecule has 1 fully saturated rings. The zero-order valence-electron chi connectivity index (χ0n) is 15.8. The Morgan fingerprint density at radius 2 is 2.00 bits per heavy atom. The van der Waals surface area contributed by atoms with Crippen LogP contribution in [0.15, 0.2) is 30.6 Å². The van der Waals surface area contributed by atoms with Crippen LogP contribution in [0.25, 0.3) is 0 Å². The summed E-state index contributed by atoms with van der Waals surface area (Å²) in [6, 6.07) is 5.02. The number of aromatic nitrogens is 2. The second kappa shape index (κ2) is 9.12. The quantitative estimate of drug-likeness (QED) is 0.459. The third kappa shape index (κ3) is 4.73. The number of carbonyl (C=O) groups is 1. The molecule has 0 aromatic carbocycles. The van der Waals surface area contributed by atoms with Crippen LogP contribution in [0.4, 0.5) is 17.3 Å². The molecule has 0 atom stereocenters. The van der Waals surface area contributed by atoms with E-state index in [0.717, 1.165) is 43.4 Å². The van der Waals surface area contributed by atoms with Crippen LogP contribution in [0.3, 0.4) is 0 Å².